The number of imidazole rings is 1. The van der Waals surface area contributed by atoms with Crippen molar-refractivity contribution in [2.24, 2.45) is 10.9 Å². The number of oxime groups is 1. The highest BCUT2D eigenvalue weighted by molar-refractivity contribution is 6.03. The zero-order valence-electron chi connectivity index (χ0n) is 24.7. The molecule has 0 amide bonds. The van der Waals surface area contributed by atoms with Gasteiger partial charge in [-0.1, -0.05) is 120 Å². The Balaban J connectivity index is 1.36. The van der Waals surface area contributed by atoms with E-state index in [4.69, 9.17) is 20.2 Å². The molecule has 0 aliphatic carbocycles. The van der Waals surface area contributed by atoms with Crippen molar-refractivity contribution in [3.63, 3.8) is 0 Å². The number of esters is 1. The monoisotopic (exact) mass is 596 g/mol. The smallest absolute Gasteiger partial charge is 0.341 e. The first-order valence-corrected chi connectivity index (χ1v) is 14.7. The molecule has 6 aromatic rings. The number of carbonyl (C=O) groups excluding carboxylic acids is 1. The Hall–Kier alpha value is -5.89. The number of para-hydroxylation sites is 1. The predicted octanol–water partition coefficient (Wildman–Crippen LogP) is 7.19. The molecule has 0 radical (unpaired) electrons. The van der Waals surface area contributed by atoms with Crippen molar-refractivity contribution in [3.05, 3.63) is 155 Å². The number of ether oxygens (including phenoxy) is 2. The highest BCUT2D eigenvalue weighted by Gasteiger charge is 2.24. The fourth-order valence-corrected chi connectivity index (χ4v) is 5.45. The Morgan fingerprint density at radius 2 is 1.44 bits per heavy atom. The normalized spacial score (nSPS) is 11.6. The number of nitrogens with two attached hydrogens (primary N) is 1. The predicted molar refractivity (Wildman–Crippen MR) is 175 cm³/mol. The van der Waals surface area contributed by atoms with Gasteiger partial charge in [0.05, 0.1) is 29.7 Å². The van der Waals surface area contributed by atoms with Crippen LogP contribution < -0.4 is 10.5 Å². The maximum absolute atomic E-state index is 14.0. The second-order valence-electron chi connectivity index (χ2n) is 10.4. The Morgan fingerprint density at radius 1 is 0.822 bits per heavy atom. The highest BCUT2D eigenvalue weighted by atomic mass is 16.5. The summed E-state index contributed by atoms with van der Waals surface area (Å²) in [6.45, 7) is 2.71. The molecule has 5 aromatic carbocycles. The topological polar surface area (TPSA) is 112 Å². The van der Waals surface area contributed by atoms with E-state index in [9.17, 15) is 10.0 Å². The molecule has 3 N–H and O–H groups in total. The maximum Gasteiger partial charge on any atom is 0.341 e. The summed E-state index contributed by atoms with van der Waals surface area (Å²) in [5, 5.41) is 12.4. The van der Waals surface area contributed by atoms with Crippen LogP contribution in [0.5, 0.6) is 6.01 Å². The van der Waals surface area contributed by atoms with Gasteiger partial charge in [-0.25, -0.2) is 4.79 Å². The molecule has 224 valence electrons. The van der Waals surface area contributed by atoms with Gasteiger partial charge in [0.1, 0.15) is 0 Å². The molecule has 0 spiro atoms. The molecule has 45 heavy (non-hydrogen) atoms. The summed E-state index contributed by atoms with van der Waals surface area (Å²) < 4.78 is 14.1. The molecule has 0 atom stereocenters. The average Bonchev–Trinajstić information content (AvgIpc) is 3.44. The lowest BCUT2D eigenvalue weighted by Crippen LogP contribution is -2.15. The molecule has 0 aliphatic rings. The van der Waals surface area contributed by atoms with Crippen molar-refractivity contribution in [2.75, 3.05) is 6.61 Å². The van der Waals surface area contributed by atoms with Crippen LogP contribution in [0.2, 0.25) is 0 Å². The molecule has 0 fully saturated rings. The van der Waals surface area contributed by atoms with Crippen LogP contribution >= 0.6 is 0 Å². The Morgan fingerprint density at radius 3 is 2.09 bits per heavy atom. The van der Waals surface area contributed by atoms with E-state index in [0.717, 1.165) is 27.8 Å². The summed E-state index contributed by atoms with van der Waals surface area (Å²) in [5.41, 5.74) is 12.7. The number of amidine groups is 1. The summed E-state index contributed by atoms with van der Waals surface area (Å²) in [4.78, 5) is 18.7. The average molecular weight is 597 g/mol. The van der Waals surface area contributed by atoms with E-state index in [2.05, 4.69) is 5.16 Å². The van der Waals surface area contributed by atoms with Gasteiger partial charge in [-0.3, -0.25) is 4.57 Å². The highest BCUT2D eigenvalue weighted by Crippen LogP contribution is 2.31. The van der Waals surface area contributed by atoms with E-state index < -0.39 is 12.1 Å². The van der Waals surface area contributed by atoms with Crippen LogP contribution in [0.1, 0.15) is 45.6 Å². The van der Waals surface area contributed by atoms with Gasteiger partial charge in [0, 0.05) is 5.56 Å². The second-order valence-corrected chi connectivity index (χ2v) is 10.4. The van der Waals surface area contributed by atoms with E-state index in [0.29, 0.717) is 41.3 Å². The number of fused-ring (bicyclic) bond motifs is 1. The number of carbonyl (C=O) groups is 1. The van der Waals surface area contributed by atoms with Crippen molar-refractivity contribution >= 4 is 22.8 Å². The second kappa shape index (κ2) is 13.2. The van der Waals surface area contributed by atoms with Crippen molar-refractivity contribution in [1.82, 2.24) is 9.55 Å². The van der Waals surface area contributed by atoms with E-state index in [1.807, 2.05) is 127 Å². The molecule has 0 unspecified atom stereocenters. The van der Waals surface area contributed by atoms with Gasteiger partial charge >= 0.3 is 5.97 Å². The lowest BCUT2D eigenvalue weighted by atomic mass is 9.98. The number of benzene rings is 5. The summed E-state index contributed by atoms with van der Waals surface area (Å²) >= 11 is 0. The van der Waals surface area contributed by atoms with Gasteiger partial charge in [-0.05, 0) is 46.9 Å². The van der Waals surface area contributed by atoms with Crippen molar-refractivity contribution in [2.45, 2.75) is 19.6 Å². The Kier molecular flexibility index (Phi) is 8.55. The molecule has 1 aromatic heterocycles. The fraction of sp³-hybridized carbons (Fsp3) is 0.108. The van der Waals surface area contributed by atoms with Crippen LogP contribution in [-0.2, 0) is 11.3 Å². The largest absolute Gasteiger partial charge is 0.465 e. The molecule has 0 aliphatic heterocycles. The minimum absolute atomic E-state index is 0.0436. The Bertz CT molecular complexity index is 1910. The van der Waals surface area contributed by atoms with Gasteiger partial charge in [-0.15, -0.1) is 0 Å². The van der Waals surface area contributed by atoms with Gasteiger partial charge < -0.3 is 20.4 Å². The molecule has 0 bridgehead atoms. The van der Waals surface area contributed by atoms with E-state index in [1.54, 1.807) is 12.1 Å². The van der Waals surface area contributed by atoms with Crippen LogP contribution in [-0.4, -0.2) is 33.2 Å². The van der Waals surface area contributed by atoms with Crippen LogP contribution in [0.15, 0.2) is 133 Å². The third-order valence-corrected chi connectivity index (χ3v) is 7.57. The first-order valence-electron chi connectivity index (χ1n) is 14.7. The van der Waals surface area contributed by atoms with Gasteiger partial charge in [0.2, 0.25) is 0 Å². The fourth-order valence-electron chi connectivity index (χ4n) is 5.45. The quantitative estimate of drug-likeness (QED) is 0.0569. The number of rotatable bonds is 10. The summed E-state index contributed by atoms with van der Waals surface area (Å²) in [7, 11) is 0. The molecular weight excluding hydrogens is 564 g/mol. The maximum atomic E-state index is 14.0. The SMILES string of the molecule is CCOc1nc2cccc(C(=O)OC(c3ccccc3)c3ccccc3)c2n1Cc1ccc(-c2ccccc2/C(N)=N/O)cc1. The van der Waals surface area contributed by atoms with E-state index in [1.165, 1.54) is 0 Å². The number of hydrogen-bond acceptors (Lipinski definition) is 6. The summed E-state index contributed by atoms with van der Waals surface area (Å²) in [6.07, 6.45) is -0.585. The minimum atomic E-state index is -0.585. The lowest BCUT2D eigenvalue weighted by Gasteiger charge is -2.19. The van der Waals surface area contributed by atoms with Crippen molar-refractivity contribution in [3.8, 4) is 17.1 Å². The number of hydrogen-bond donors (Lipinski definition) is 2. The first kappa shape index (κ1) is 29.2. The minimum Gasteiger partial charge on any atom is -0.465 e. The standard InChI is InChI=1S/C37H32N4O4/c1-2-44-37-39-32-19-11-18-31(36(42)45-34(27-12-5-3-6-13-27)28-14-7-4-8-15-28)33(32)41(37)24-25-20-22-26(23-21-25)29-16-9-10-17-30(29)35(38)40-43/h3-23,34,43H,2,24H2,1H3,(H2,38,40). The van der Waals surface area contributed by atoms with Crippen LogP contribution in [0.4, 0.5) is 0 Å². The van der Waals surface area contributed by atoms with Crippen LogP contribution in [0.3, 0.4) is 0 Å². The molecular formula is C37H32N4O4. The van der Waals surface area contributed by atoms with Gasteiger partial charge in [0.25, 0.3) is 6.01 Å². The van der Waals surface area contributed by atoms with Crippen molar-refractivity contribution in [1.29, 1.82) is 0 Å². The molecule has 0 saturated heterocycles. The summed E-state index contributed by atoms with van der Waals surface area (Å²) in [5.74, 6) is -0.417. The molecule has 8 heteroatoms. The Labute approximate surface area is 261 Å². The molecule has 8 nitrogen and oxygen atoms in total. The lowest BCUT2D eigenvalue weighted by molar-refractivity contribution is 0.0380. The zero-order chi connectivity index (χ0) is 31.2. The number of aromatic nitrogens is 2. The zero-order valence-corrected chi connectivity index (χ0v) is 24.7. The van der Waals surface area contributed by atoms with E-state index in [-0.39, 0.29) is 5.84 Å². The summed E-state index contributed by atoms with van der Waals surface area (Å²) in [6, 6.07) is 40.7. The molecule has 1 heterocycles. The molecule has 6 rings (SSSR count). The first-order chi connectivity index (χ1) is 22.1. The van der Waals surface area contributed by atoms with Gasteiger partial charge in [-0.2, -0.15) is 4.98 Å². The van der Waals surface area contributed by atoms with Crippen LogP contribution in [0.25, 0.3) is 22.2 Å². The van der Waals surface area contributed by atoms with Gasteiger partial charge in [0.15, 0.2) is 11.9 Å². The third kappa shape index (κ3) is 6.12. The van der Waals surface area contributed by atoms with Crippen LogP contribution in [0, 0.1) is 0 Å². The van der Waals surface area contributed by atoms with Crippen molar-refractivity contribution < 1.29 is 19.5 Å². The van der Waals surface area contributed by atoms with E-state index >= 15 is 0 Å². The third-order valence-electron chi connectivity index (χ3n) is 7.57. The number of nitrogens with zero attached hydrogens (tertiary/aromatic N) is 3. The molecule has 0 saturated carbocycles.